The van der Waals surface area contributed by atoms with Crippen molar-refractivity contribution in [3.63, 3.8) is 0 Å². The molecule has 0 aliphatic carbocycles. The highest BCUT2D eigenvalue weighted by molar-refractivity contribution is 9.10. The van der Waals surface area contributed by atoms with Gasteiger partial charge in [-0.3, -0.25) is 4.79 Å². The molecular formula is C17H14BrNO2. The van der Waals surface area contributed by atoms with Crippen LogP contribution in [0.5, 0.6) is 0 Å². The molecule has 0 bridgehead atoms. The predicted octanol–water partition coefficient (Wildman–Crippen LogP) is 4.24. The first kappa shape index (κ1) is 13.9. The number of H-pyrrole nitrogens is 1. The average molecular weight is 344 g/mol. The number of hydrogen-bond acceptors (Lipinski definition) is 2. The second-order valence-electron chi connectivity index (χ2n) is 4.82. The predicted molar refractivity (Wildman–Crippen MR) is 86.3 cm³/mol. The number of halogens is 1. The van der Waals surface area contributed by atoms with Crippen molar-refractivity contribution in [3.05, 3.63) is 70.3 Å². The molecule has 0 spiro atoms. The fourth-order valence-electron chi connectivity index (χ4n) is 2.49. The van der Waals surface area contributed by atoms with Gasteiger partial charge in [0.1, 0.15) is 5.92 Å². The molecule has 0 saturated carbocycles. The van der Waals surface area contributed by atoms with Crippen LogP contribution >= 0.6 is 15.9 Å². The quantitative estimate of drug-likeness (QED) is 0.723. The van der Waals surface area contributed by atoms with Crippen molar-refractivity contribution in [3.8, 4) is 0 Å². The molecule has 1 unspecified atom stereocenters. The summed E-state index contributed by atoms with van der Waals surface area (Å²) < 4.78 is 5.98. The van der Waals surface area contributed by atoms with Crippen LogP contribution in [0.2, 0.25) is 0 Å². The number of ether oxygens (including phenoxy) is 1. The number of aromatic amines is 1. The molecule has 3 nitrogen and oxygen atoms in total. The minimum absolute atomic E-state index is 0.271. The number of methoxy groups -OCH3 is 1. The van der Waals surface area contributed by atoms with Crippen molar-refractivity contribution < 1.29 is 9.53 Å². The van der Waals surface area contributed by atoms with Gasteiger partial charge in [-0.2, -0.15) is 0 Å². The highest BCUT2D eigenvalue weighted by Gasteiger charge is 2.25. The molecule has 3 aromatic rings. The Bertz CT molecular complexity index is 780. The average Bonchev–Trinajstić information content (AvgIpc) is 2.90. The van der Waals surface area contributed by atoms with Gasteiger partial charge in [0.2, 0.25) is 0 Å². The molecule has 1 atom stereocenters. The van der Waals surface area contributed by atoms with Crippen LogP contribution in [0.25, 0.3) is 10.9 Å². The molecule has 3 rings (SSSR count). The second-order valence-corrected chi connectivity index (χ2v) is 5.74. The number of nitrogens with one attached hydrogen (secondary N) is 1. The number of carbonyl (C=O) groups excluding carboxylic acids is 1. The van der Waals surface area contributed by atoms with Crippen LogP contribution < -0.4 is 0 Å². The molecule has 1 heterocycles. The van der Waals surface area contributed by atoms with Gasteiger partial charge in [-0.05, 0) is 29.8 Å². The van der Waals surface area contributed by atoms with Gasteiger partial charge in [-0.1, -0.05) is 46.3 Å². The number of carbonyl (C=O) groups is 1. The van der Waals surface area contributed by atoms with Crippen molar-refractivity contribution in [2.45, 2.75) is 5.92 Å². The van der Waals surface area contributed by atoms with E-state index in [1.807, 2.05) is 54.6 Å². The Hall–Kier alpha value is -2.07. The Morgan fingerprint density at radius 3 is 2.62 bits per heavy atom. The van der Waals surface area contributed by atoms with Gasteiger partial charge in [0.05, 0.1) is 7.11 Å². The molecule has 1 aromatic heterocycles. The van der Waals surface area contributed by atoms with Gasteiger partial charge in [0.25, 0.3) is 0 Å². The molecule has 0 fully saturated rings. The van der Waals surface area contributed by atoms with E-state index in [4.69, 9.17) is 4.74 Å². The lowest BCUT2D eigenvalue weighted by Gasteiger charge is -2.13. The summed E-state index contributed by atoms with van der Waals surface area (Å²) in [5.41, 5.74) is 2.74. The maximum absolute atomic E-state index is 12.2. The SMILES string of the molecule is COC(=O)C(c1ccccc1)c1cc2cc(Br)ccc2[nH]1. The number of rotatable bonds is 3. The van der Waals surface area contributed by atoms with Gasteiger partial charge in [0, 0.05) is 21.1 Å². The second kappa shape index (κ2) is 5.74. The molecule has 0 radical (unpaired) electrons. The van der Waals surface area contributed by atoms with Crippen molar-refractivity contribution in [2.24, 2.45) is 0 Å². The number of benzene rings is 2. The molecule has 0 amide bonds. The molecular weight excluding hydrogens is 330 g/mol. The van der Waals surface area contributed by atoms with E-state index in [2.05, 4.69) is 20.9 Å². The molecule has 21 heavy (non-hydrogen) atoms. The fraction of sp³-hybridized carbons (Fsp3) is 0.118. The standard InChI is InChI=1S/C17H14BrNO2/c1-21-17(20)16(11-5-3-2-4-6-11)15-10-12-9-13(18)7-8-14(12)19-15/h2-10,16,19H,1H3. The third-order valence-electron chi connectivity index (χ3n) is 3.48. The number of aromatic nitrogens is 1. The van der Waals surface area contributed by atoms with Crippen molar-refractivity contribution in [2.75, 3.05) is 7.11 Å². The van der Waals surface area contributed by atoms with Gasteiger partial charge in [-0.15, -0.1) is 0 Å². The molecule has 1 N–H and O–H groups in total. The molecule has 2 aromatic carbocycles. The van der Waals surface area contributed by atoms with Crippen LogP contribution in [0.4, 0.5) is 0 Å². The van der Waals surface area contributed by atoms with E-state index in [9.17, 15) is 4.79 Å². The Morgan fingerprint density at radius 2 is 1.90 bits per heavy atom. The Morgan fingerprint density at radius 1 is 1.14 bits per heavy atom. The van der Waals surface area contributed by atoms with Crippen LogP contribution in [-0.2, 0) is 9.53 Å². The summed E-state index contributed by atoms with van der Waals surface area (Å²) in [6.07, 6.45) is 0. The van der Waals surface area contributed by atoms with E-state index in [1.165, 1.54) is 7.11 Å². The molecule has 4 heteroatoms. The van der Waals surface area contributed by atoms with Crippen molar-refractivity contribution >= 4 is 32.8 Å². The summed E-state index contributed by atoms with van der Waals surface area (Å²) in [6.45, 7) is 0. The Kier molecular flexibility index (Phi) is 3.80. The summed E-state index contributed by atoms with van der Waals surface area (Å²) >= 11 is 3.46. The summed E-state index contributed by atoms with van der Waals surface area (Å²) in [7, 11) is 1.41. The summed E-state index contributed by atoms with van der Waals surface area (Å²) in [5, 5.41) is 1.06. The lowest BCUT2D eigenvalue weighted by atomic mass is 9.96. The molecule has 0 aliphatic rings. The smallest absolute Gasteiger partial charge is 0.319 e. The Labute approximate surface area is 131 Å². The van der Waals surface area contributed by atoms with Crippen LogP contribution in [0.15, 0.2) is 59.1 Å². The van der Waals surface area contributed by atoms with Crippen molar-refractivity contribution in [1.82, 2.24) is 4.98 Å². The highest BCUT2D eigenvalue weighted by Crippen LogP contribution is 2.29. The van der Waals surface area contributed by atoms with Gasteiger partial charge < -0.3 is 9.72 Å². The summed E-state index contributed by atoms with van der Waals surface area (Å²) in [6, 6.07) is 17.6. The number of esters is 1. The topological polar surface area (TPSA) is 42.1 Å². The zero-order chi connectivity index (χ0) is 14.8. The first-order valence-corrected chi connectivity index (χ1v) is 7.39. The minimum Gasteiger partial charge on any atom is -0.468 e. The normalized spacial score (nSPS) is 12.3. The van der Waals surface area contributed by atoms with Crippen LogP contribution in [0.3, 0.4) is 0 Å². The van der Waals surface area contributed by atoms with E-state index in [-0.39, 0.29) is 5.97 Å². The Balaban J connectivity index is 2.12. The van der Waals surface area contributed by atoms with Gasteiger partial charge in [-0.25, -0.2) is 0 Å². The number of hydrogen-bond donors (Lipinski definition) is 1. The zero-order valence-corrected chi connectivity index (χ0v) is 13.1. The van der Waals surface area contributed by atoms with E-state index >= 15 is 0 Å². The lowest BCUT2D eigenvalue weighted by molar-refractivity contribution is -0.141. The maximum Gasteiger partial charge on any atom is 0.319 e. The minimum atomic E-state index is -0.442. The first-order chi connectivity index (χ1) is 10.2. The van der Waals surface area contributed by atoms with E-state index in [1.54, 1.807) is 0 Å². The van der Waals surface area contributed by atoms with Crippen LogP contribution in [0.1, 0.15) is 17.2 Å². The van der Waals surface area contributed by atoms with Gasteiger partial charge >= 0.3 is 5.97 Å². The molecule has 0 aliphatic heterocycles. The third-order valence-corrected chi connectivity index (χ3v) is 3.98. The highest BCUT2D eigenvalue weighted by atomic mass is 79.9. The summed E-state index contributed by atoms with van der Waals surface area (Å²) in [4.78, 5) is 15.5. The fourth-order valence-corrected chi connectivity index (χ4v) is 2.87. The van der Waals surface area contributed by atoms with Crippen molar-refractivity contribution in [1.29, 1.82) is 0 Å². The number of fused-ring (bicyclic) bond motifs is 1. The van der Waals surface area contributed by atoms with E-state index in [0.29, 0.717) is 0 Å². The molecule has 0 saturated heterocycles. The van der Waals surface area contributed by atoms with Gasteiger partial charge in [0.15, 0.2) is 0 Å². The first-order valence-electron chi connectivity index (χ1n) is 6.60. The summed E-state index contributed by atoms with van der Waals surface area (Å²) in [5.74, 6) is -0.714. The van der Waals surface area contributed by atoms with Crippen LogP contribution in [0, 0.1) is 0 Å². The molecule has 106 valence electrons. The maximum atomic E-state index is 12.2. The largest absolute Gasteiger partial charge is 0.468 e. The van der Waals surface area contributed by atoms with Crippen LogP contribution in [-0.4, -0.2) is 18.1 Å². The monoisotopic (exact) mass is 343 g/mol. The third kappa shape index (κ3) is 2.72. The van der Waals surface area contributed by atoms with E-state index < -0.39 is 5.92 Å². The lowest BCUT2D eigenvalue weighted by Crippen LogP contribution is -2.15. The van der Waals surface area contributed by atoms with E-state index in [0.717, 1.165) is 26.6 Å². The zero-order valence-electron chi connectivity index (χ0n) is 11.5.